The van der Waals surface area contributed by atoms with E-state index in [2.05, 4.69) is 11.6 Å². The molecular weight excluding hydrogens is 265 g/mol. The van der Waals surface area contributed by atoms with Crippen LogP contribution in [0.25, 0.3) is 0 Å². The number of hydrogen-bond donors (Lipinski definition) is 3. The Bertz CT molecular complexity index is 495. The Morgan fingerprint density at radius 3 is 2.79 bits per heavy atom. The summed E-state index contributed by atoms with van der Waals surface area (Å²) in [4.78, 5) is 11.2. The predicted molar refractivity (Wildman–Crippen MR) is 77.9 cm³/mol. The summed E-state index contributed by atoms with van der Waals surface area (Å²) in [5, 5.41) is 3.76. The van der Waals surface area contributed by atoms with Crippen LogP contribution in [-0.2, 0) is 0 Å². The molecule has 1 aromatic rings. The average molecular weight is 283 g/mol. The van der Waals surface area contributed by atoms with Gasteiger partial charge in [-0.05, 0) is 37.7 Å². The molecule has 5 N–H and O–H groups in total. The summed E-state index contributed by atoms with van der Waals surface area (Å²) >= 11 is 1.83. The van der Waals surface area contributed by atoms with Gasteiger partial charge in [-0.1, -0.05) is 0 Å². The number of primary amides is 1. The first-order valence-electron chi connectivity index (χ1n) is 6.19. The number of carbonyl (C=O) groups excluding carboxylic acids is 1. The van der Waals surface area contributed by atoms with Crippen molar-refractivity contribution in [2.24, 2.45) is 5.73 Å². The highest BCUT2D eigenvalue weighted by atomic mass is 32.2. The molecule has 0 saturated heterocycles. The van der Waals surface area contributed by atoms with Gasteiger partial charge in [-0.2, -0.15) is 11.8 Å². The lowest BCUT2D eigenvalue weighted by atomic mass is 10.1. The van der Waals surface area contributed by atoms with Gasteiger partial charge in [-0.3, -0.25) is 4.79 Å². The second-order valence-corrected chi connectivity index (χ2v) is 5.93. The molecule has 2 rings (SSSR count). The maximum absolute atomic E-state index is 13.8. The normalized spacial score (nSPS) is 22.4. The molecular formula is C13H18FN3OS. The monoisotopic (exact) mass is 283 g/mol. The van der Waals surface area contributed by atoms with Gasteiger partial charge in [0.2, 0.25) is 0 Å². The summed E-state index contributed by atoms with van der Waals surface area (Å²) < 4.78 is 13.8. The molecule has 6 heteroatoms. The standard InChI is InChI=1S/C13H18FN3OS/c1-19-8-3-2-7(4-8)17-12-5-9(13(16)18)11(15)6-10(12)14/h5-8,17H,2-4,15H2,1H3,(H2,16,18). The second kappa shape index (κ2) is 5.69. The van der Waals surface area contributed by atoms with Crippen molar-refractivity contribution in [3.8, 4) is 0 Å². The van der Waals surface area contributed by atoms with E-state index in [4.69, 9.17) is 11.5 Å². The van der Waals surface area contributed by atoms with Gasteiger partial charge in [0.15, 0.2) is 0 Å². The van der Waals surface area contributed by atoms with Crippen molar-refractivity contribution < 1.29 is 9.18 Å². The molecule has 2 atom stereocenters. The third-order valence-electron chi connectivity index (χ3n) is 3.48. The highest BCUT2D eigenvalue weighted by Crippen LogP contribution is 2.31. The first kappa shape index (κ1) is 14.0. The molecule has 4 nitrogen and oxygen atoms in total. The molecule has 104 valence electrons. The molecule has 0 spiro atoms. The molecule has 0 bridgehead atoms. The van der Waals surface area contributed by atoms with Crippen molar-refractivity contribution in [1.29, 1.82) is 0 Å². The Morgan fingerprint density at radius 2 is 2.21 bits per heavy atom. The van der Waals surface area contributed by atoms with E-state index in [1.165, 1.54) is 6.07 Å². The molecule has 1 aliphatic rings. The van der Waals surface area contributed by atoms with Crippen molar-refractivity contribution >= 4 is 29.0 Å². The second-order valence-electron chi connectivity index (χ2n) is 4.80. The topological polar surface area (TPSA) is 81.1 Å². The maximum atomic E-state index is 13.8. The van der Waals surface area contributed by atoms with Gasteiger partial charge in [-0.25, -0.2) is 4.39 Å². The number of nitrogens with one attached hydrogen (secondary N) is 1. The Hall–Kier alpha value is -1.43. The molecule has 1 aromatic carbocycles. The Balaban J connectivity index is 2.16. The smallest absolute Gasteiger partial charge is 0.250 e. The van der Waals surface area contributed by atoms with Gasteiger partial charge in [0.25, 0.3) is 5.91 Å². The quantitative estimate of drug-likeness (QED) is 0.740. The van der Waals surface area contributed by atoms with Crippen LogP contribution in [0, 0.1) is 5.82 Å². The van der Waals surface area contributed by atoms with E-state index in [1.54, 1.807) is 0 Å². The maximum Gasteiger partial charge on any atom is 0.250 e. The van der Waals surface area contributed by atoms with Gasteiger partial charge >= 0.3 is 0 Å². The van der Waals surface area contributed by atoms with E-state index in [-0.39, 0.29) is 17.3 Å². The third kappa shape index (κ3) is 3.12. The first-order valence-corrected chi connectivity index (χ1v) is 7.48. The highest BCUT2D eigenvalue weighted by Gasteiger charge is 2.24. The lowest BCUT2D eigenvalue weighted by Gasteiger charge is -2.16. The van der Waals surface area contributed by atoms with Gasteiger partial charge < -0.3 is 16.8 Å². The molecule has 2 unspecified atom stereocenters. The zero-order valence-corrected chi connectivity index (χ0v) is 11.6. The van der Waals surface area contributed by atoms with E-state index in [0.29, 0.717) is 10.9 Å². The molecule has 1 saturated carbocycles. The number of amides is 1. The summed E-state index contributed by atoms with van der Waals surface area (Å²) in [5.41, 5.74) is 11.3. The third-order valence-corrected chi connectivity index (χ3v) is 4.58. The number of nitrogen functional groups attached to an aromatic ring is 1. The van der Waals surface area contributed by atoms with Crippen LogP contribution >= 0.6 is 11.8 Å². The van der Waals surface area contributed by atoms with Crippen LogP contribution in [0.4, 0.5) is 15.8 Å². The summed E-state index contributed by atoms with van der Waals surface area (Å²) in [7, 11) is 0. The van der Waals surface area contributed by atoms with Crippen LogP contribution in [0.3, 0.4) is 0 Å². The molecule has 0 aromatic heterocycles. The SMILES string of the molecule is CSC1CCC(Nc2cc(C(N)=O)c(N)cc2F)C1. The van der Waals surface area contributed by atoms with Gasteiger partial charge in [0, 0.05) is 17.0 Å². The average Bonchev–Trinajstić information content (AvgIpc) is 2.80. The van der Waals surface area contributed by atoms with Crippen LogP contribution in [0.15, 0.2) is 12.1 Å². The predicted octanol–water partition coefficient (Wildman–Crippen LogP) is 2.20. The van der Waals surface area contributed by atoms with Crippen LogP contribution in [0.5, 0.6) is 0 Å². The summed E-state index contributed by atoms with van der Waals surface area (Å²) in [6.45, 7) is 0. The largest absolute Gasteiger partial charge is 0.398 e. The van der Waals surface area contributed by atoms with Crippen LogP contribution in [0.2, 0.25) is 0 Å². The van der Waals surface area contributed by atoms with Crippen LogP contribution in [-0.4, -0.2) is 23.5 Å². The molecule has 19 heavy (non-hydrogen) atoms. The fourth-order valence-corrected chi connectivity index (χ4v) is 3.21. The van der Waals surface area contributed by atoms with Crippen molar-refractivity contribution in [2.45, 2.75) is 30.6 Å². The lowest BCUT2D eigenvalue weighted by Crippen LogP contribution is -2.19. The van der Waals surface area contributed by atoms with E-state index in [0.717, 1.165) is 25.3 Å². The van der Waals surface area contributed by atoms with Gasteiger partial charge in [-0.15, -0.1) is 0 Å². The van der Waals surface area contributed by atoms with E-state index < -0.39 is 11.7 Å². The van der Waals surface area contributed by atoms with Crippen molar-refractivity contribution in [3.05, 3.63) is 23.5 Å². The van der Waals surface area contributed by atoms with Gasteiger partial charge in [0.1, 0.15) is 5.82 Å². The minimum atomic E-state index is -0.644. The number of anilines is 2. The molecule has 0 radical (unpaired) electrons. The minimum absolute atomic E-state index is 0.0731. The van der Waals surface area contributed by atoms with Crippen molar-refractivity contribution in [3.63, 3.8) is 0 Å². The van der Waals surface area contributed by atoms with Crippen molar-refractivity contribution in [2.75, 3.05) is 17.3 Å². The van der Waals surface area contributed by atoms with Gasteiger partial charge in [0.05, 0.1) is 11.3 Å². The zero-order valence-electron chi connectivity index (χ0n) is 10.8. The molecule has 1 aliphatic carbocycles. The first-order chi connectivity index (χ1) is 9.01. The number of benzene rings is 1. The van der Waals surface area contributed by atoms with E-state index in [1.807, 2.05) is 11.8 Å². The lowest BCUT2D eigenvalue weighted by molar-refractivity contribution is 0.100. The summed E-state index contributed by atoms with van der Waals surface area (Å²) in [6, 6.07) is 2.78. The summed E-state index contributed by atoms with van der Waals surface area (Å²) in [5.74, 6) is -1.09. The van der Waals surface area contributed by atoms with Crippen LogP contribution in [0.1, 0.15) is 29.6 Å². The Labute approximate surface area is 116 Å². The minimum Gasteiger partial charge on any atom is -0.398 e. The number of hydrogen-bond acceptors (Lipinski definition) is 4. The number of halogens is 1. The Morgan fingerprint density at radius 1 is 1.47 bits per heavy atom. The van der Waals surface area contributed by atoms with E-state index >= 15 is 0 Å². The molecule has 1 amide bonds. The highest BCUT2D eigenvalue weighted by molar-refractivity contribution is 7.99. The number of rotatable bonds is 4. The zero-order chi connectivity index (χ0) is 14.0. The number of nitrogens with two attached hydrogens (primary N) is 2. The van der Waals surface area contributed by atoms with Crippen molar-refractivity contribution in [1.82, 2.24) is 0 Å². The Kier molecular flexibility index (Phi) is 4.19. The molecule has 0 heterocycles. The van der Waals surface area contributed by atoms with E-state index in [9.17, 15) is 9.18 Å². The summed E-state index contributed by atoms with van der Waals surface area (Å²) in [6.07, 6.45) is 5.21. The number of carbonyl (C=O) groups is 1. The molecule has 0 aliphatic heterocycles. The molecule has 1 fully saturated rings. The van der Waals surface area contributed by atoms with Crippen LogP contribution < -0.4 is 16.8 Å². The fraction of sp³-hybridized carbons (Fsp3) is 0.462. The fourth-order valence-electron chi connectivity index (χ4n) is 2.42. The number of thioether (sulfide) groups is 1.